The van der Waals surface area contributed by atoms with Crippen molar-refractivity contribution in [2.45, 2.75) is 6.92 Å². The maximum atomic E-state index is 12.2. The average Bonchev–Trinajstić information content (AvgIpc) is 2.46. The minimum Gasteiger partial charge on any atom is -0.496 e. The van der Waals surface area contributed by atoms with Crippen LogP contribution in [-0.2, 0) is 0 Å². The van der Waals surface area contributed by atoms with Gasteiger partial charge in [-0.05, 0) is 42.8 Å². The number of hydrogen-bond donors (Lipinski definition) is 2. The predicted molar refractivity (Wildman–Crippen MR) is 84.5 cm³/mol. The van der Waals surface area contributed by atoms with E-state index in [-0.39, 0.29) is 11.1 Å². The van der Waals surface area contributed by atoms with Gasteiger partial charge in [-0.25, -0.2) is 4.98 Å². The molecule has 0 spiro atoms. The Bertz CT molecular complexity index is 674. The van der Waals surface area contributed by atoms with Crippen molar-refractivity contribution in [3.63, 3.8) is 0 Å². The van der Waals surface area contributed by atoms with Crippen LogP contribution in [0.5, 0.6) is 5.75 Å². The molecule has 2 N–H and O–H groups in total. The van der Waals surface area contributed by atoms with E-state index in [1.807, 2.05) is 19.1 Å². The summed E-state index contributed by atoms with van der Waals surface area (Å²) in [5.74, 6) is 1.07. The number of benzene rings is 1. The Balaban J connectivity index is 2.21. The number of ether oxygens (including phenoxy) is 1. The van der Waals surface area contributed by atoms with Crippen molar-refractivity contribution in [2.75, 3.05) is 24.8 Å². The summed E-state index contributed by atoms with van der Waals surface area (Å²) in [7, 11) is 3.33. The number of hydrogen-bond acceptors (Lipinski definition) is 4. The Morgan fingerprint density at radius 2 is 2.05 bits per heavy atom. The fourth-order valence-corrected chi connectivity index (χ4v) is 2.12. The summed E-state index contributed by atoms with van der Waals surface area (Å²) >= 11 is 5.89. The number of nitrogens with one attached hydrogen (secondary N) is 2. The second-order valence-corrected chi connectivity index (χ2v) is 4.84. The molecule has 110 valence electrons. The highest BCUT2D eigenvalue weighted by atomic mass is 35.5. The predicted octanol–water partition coefficient (Wildman–Crippen LogP) is 3.35. The summed E-state index contributed by atoms with van der Waals surface area (Å²) in [6, 6.07) is 8.60. The third-order valence-corrected chi connectivity index (χ3v) is 3.16. The summed E-state index contributed by atoms with van der Waals surface area (Å²) in [6.07, 6.45) is 0. The number of carbonyl (C=O) groups is 1. The average molecular weight is 306 g/mol. The van der Waals surface area contributed by atoms with Crippen molar-refractivity contribution >= 4 is 29.0 Å². The van der Waals surface area contributed by atoms with Gasteiger partial charge in [0.25, 0.3) is 5.91 Å². The summed E-state index contributed by atoms with van der Waals surface area (Å²) in [6.45, 7) is 1.91. The normalized spacial score (nSPS) is 10.1. The van der Waals surface area contributed by atoms with E-state index in [1.165, 1.54) is 6.07 Å². The highest BCUT2D eigenvalue weighted by molar-refractivity contribution is 6.30. The Labute approximate surface area is 128 Å². The standard InChI is InChI=1S/C15H16ClN3O2/c1-9-6-11(4-5-12(9)21-3)18-15(20)10-7-13(16)19-14(8-10)17-2/h4-8H,1-3H3,(H,17,19)(H,18,20). The summed E-state index contributed by atoms with van der Waals surface area (Å²) in [5.41, 5.74) is 2.07. The maximum Gasteiger partial charge on any atom is 0.255 e. The van der Waals surface area contributed by atoms with Crippen molar-refractivity contribution < 1.29 is 9.53 Å². The molecule has 0 radical (unpaired) electrons. The van der Waals surface area contributed by atoms with Crippen LogP contribution in [0.25, 0.3) is 0 Å². The molecule has 1 amide bonds. The minimum atomic E-state index is -0.250. The van der Waals surface area contributed by atoms with Crippen molar-refractivity contribution in [2.24, 2.45) is 0 Å². The first kappa shape index (κ1) is 15.1. The fourth-order valence-electron chi connectivity index (χ4n) is 1.92. The molecular formula is C15H16ClN3O2. The third-order valence-electron chi connectivity index (χ3n) is 2.97. The topological polar surface area (TPSA) is 63.2 Å². The van der Waals surface area contributed by atoms with E-state index in [0.717, 1.165) is 11.3 Å². The number of nitrogens with zero attached hydrogens (tertiary/aromatic N) is 1. The van der Waals surface area contributed by atoms with E-state index in [1.54, 1.807) is 26.3 Å². The molecular weight excluding hydrogens is 290 g/mol. The molecule has 1 aromatic carbocycles. The second-order valence-electron chi connectivity index (χ2n) is 4.45. The molecule has 1 heterocycles. The van der Waals surface area contributed by atoms with Gasteiger partial charge >= 0.3 is 0 Å². The molecule has 0 unspecified atom stereocenters. The lowest BCUT2D eigenvalue weighted by atomic mass is 10.2. The molecule has 21 heavy (non-hydrogen) atoms. The molecule has 0 saturated heterocycles. The van der Waals surface area contributed by atoms with E-state index in [0.29, 0.717) is 17.1 Å². The Morgan fingerprint density at radius 3 is 2.67 bits per heavy atom. The number of anilines is 2. The largest absolute Gasteiger partial charge is 0.496 e. The smallest absolute Gasteiger partial charge is 0.255 e. The molecule has 2 aromatic rings. The molecule has 6 heteroatoms. The number of aryl methyl sites for hydroxylation is 1. The van der Waals surface area contributed by atoms with Crippen LogP contribution in [0.1, 0.15) is 15.9 Å². The van der Waals surface area contributed by atoms with Crippen LogP contribution in [0, 0.1) is 6.92 Å². The molecule has 0 saturated carbocycles. The number of amides is 1. The van der Waals surface area contributed by atoms with Gasteiger partial charge in [-0.3, -0.25) is 4.79 Å². The van der Waals surface area contributed by atoms with Crippen LogP contribution < -0.4 is 15.4 Å². The monoisotopic (exact) mass is 305 g/mol. The van der Waals surface area contributed by atoms with Crippen LogP contribution >= 0.6 is 11.6 Å². The molecule has 0 bridgehead atoms. The zero-order valence-electron chi connectivity index (χ0n) is 12.0. The van der Waals surface area contributed by atoms with Gasteiger partial charge in [0.05, 0.1) is 7.11 Å². The molecule has 5 nitrogen and oxygen atoms in total. The number of carbonyl (C=O) groups excluding carboxylic acids is 1. The zero-order valence-corrected chi connectivity index (χ0v) is 12.8. The van der Waals surface area contributed by atoms with E-state index in [4.69, 9.17) is 16.3 Å². The van der Waals surface area contributed by atoms with E-state index < -0.39 is 0 Å². The minimum absolute atomic E-state index is 0.250. The van der Waals surface area contributed by atoms with Crippen molar-refractivity contribution in [1.82, 2.24) is 4.98 Å². The summed E-state index contributed by atoms with van der Waals surface area (Å²) in [5, 5.41) is 5.94. The Morgan fingerprint density at radius 1 is 1.29 bits per heavy atom. The SMILES string of the molecule is CNc1cc(C(=O)Nc2ccc(OC)c(C)c2)cc(Cl)n1. The van der Waals surface area contributed by atoms with Crippen LogP contribution in [0.3, 0.4) is 0 Å². The van der Waals surface area contributed by atoms with Crippen LogP contribution in [0.15, 0.2) is 30.3 Å². The number of aromatic nitrogens is 1. The van der Waals surface area contributed by atoms with Gasteiger partial charge in [0, 0.05) is 18.3 Å². The first-order chi connectivity index (χ1) is 10.0. The first-order valence-corrected chi connectivity index (χ1v) is 6.72. The van der Waals surface area contributed by atoms with E-state index in [2.05, 4.69) is 15.6 Å². The van der Waals surface area contributed by atoms with Gasteiger partial charge < -0.3 is 15.4 Å². The lowest BCUT2D eigenvalue weighted by molar-refractivity contribution is 0.102. The van der Waals surface area contributed by atoms with Gasteiger partial charge in [0.2, 0.25) is 0 Å². The van der Waals surface area contributed by atoms with Crippen molar-refractivity contribution in [3.05, 3.63) is 46.6 Å². The summed E-state index contributed by atoms with van der Waals surface area (Å²) in [4.78, 5) is 16.3. The fraction of sp³-hybridized carbons (Fsp3) is 0.200. The molecule has 0 aliphatic rings. The highest BCUT2D eigenvalue weighted by Crippen LogP contribution is 2.22. The van der Waals surface area contributed by atoms with Gasteiger partial charge in [-0.2, -0.15) is 0 Å². The van der Waals surface area contributed by atoms with Crippen LogP contribution in [0.4, 0.5) is 11.5 Å². The van der Waals surface area contributed by atoms with Crippen LogP contribution in [0.2, 0.25) is 5.15 Å². The Hall–Kier alpha value is -2.27. The number of pyridine rings is 1. The molecule has 0 atom stereocenters. The Kier molecular flexibility index (Phi) is 4.65. The molecule has 1 aromatic heterocycles. The molecule has 2 rings (SSSR count). The molecule has 0 aliphatic heterocycles. The highest BCUT2D eigenvalue weighted by Gasteiger charge is 2.10. The van der Waals surface area contributed by atoms with Gasteiger partial charge in [0.15, 0.2) is 0 Å². The molecule has 0 fully saturated rings. The lowest BCUT2D eigenvalue weighted by Crippen LogP contribution is -2.13. The van der Waals surface area contributed by atoms with Gasteiger partial charge in [-0.15, -0.1) is 0 Å². The van der Waals surface area contributed by atoms with Gasteiger partial charge in [0.1, 0.15) is 16.7 Å². The number of methoxy groups -OCH3 is 1. The number of halogens is 1. The van der Waals surface area contributed by atoms with Crippen LogP contribution in [-0.4, -0.2) is 25.0 Å². The maximum absolute atomic E-state index is 12.2. The van der Waals surface area contributed by atoms with Crippen molar-refractivity contribution in [3.8, 4) is 5.75 Å². The van der Waals surface area contributed by atoms with E-state index in [9.17, 15) is 4.79 Å². The number of rotatable bonds is 4. The zero-order chi connectivity index (χ0) is 15.4. The van der Waals surface area contributed by atoms with E-state index >= 15 is 0 Å². The lowest BCUT2D eigenvalue weighted by Gasteiger charge is -2.10. The first-order valence-electron chi connectivity index (χ1n) is 6.35. The van der Waals surface area contributed by atoms with Gasteiger partial charge in [-0.1, -0.05) is 11.6 Å². The molecule has 0 aliphatic carbocycles. The van der Waals surface area contributed by atoms with Crippen molar-refractivity contribution in [1.29, 1.82) is 0 Å². The third kappa shape index (κ3) is 3.64. The second kappa shape index (κ2) is 6.45. The summed E-state index contributed by atoms with van der Waals surface area (Å²) < 4.78 is 5.19. The quantitative estimate of drug-likeness (QED) is 0.850.